The van der Waals surface area contributed by atoms with Crippen molar-refractivity contribution in [3.05, 3.63) is 112 Å². The van der Waals surface area contributed by atoms with E-state index >= 15 is 0 Å². The van der Waals surface area contributed by atoms with Crippen molar-refractivity contribution in [2.45, 2.75) is 20.3 Å². The summed E-state index contributed by atoms with van der Waals surface area (Å²) < 4.78 is 13.7. The molecule has 3 heteroatoms. The first-order valence-electron chi connectivity index (χ1n) is 10.1. The van der Waals surface area contributed by atoms with Crippen LogP contribution in [0.1, 0.15) is 42.7 Å². The maximum Gasteiger partial charge on any atom is 0.124 e. The SMILES string of the molecule is C/C=C/c1ccc(/C(=C(/CC)c2ccc(F)cc2Cl)c2cc3ccccc3[nH]2)cc1. The second-order valence-electron chi connectivity index (χ2n) is 7.22. The van der Waals surface area contributed by atoms with Crippen molar-refractivity contribution in [1.29, 1.82) is 0 Å². The molecule has 4 rings (SSSR count). The fourth-order valence-electron chi connectivity index (χ4n) is 3.89. The number of benzene rings is 3. The van der Waals surface area contributed by atoms with Gasteiger partial charge in [0.1, 0.15) is 5.82 Å². The van der Waals surface area contributed by atoms with Gasteiger partial charge < -0.3 is 4.98 Å². The van der Waals surface area contributed by atoms with E-state index in [9.17, 15) is 4.39 Å². The largest absolute Gasteiger partial charge is 0.355 e. The van der Waals surface area contributed by atoms with E-state index in [0.717, 1.165) is 50.9 Å². The molecule has 1 aromatic heterocycles. The lowest BCUT2D eigenvalue weighted by atomic mass is 9.90. The van der Waals surface area contributed by atoms with Crippen LogP contribution in [0.2, 0.25) is 5.02 Å². The molecule has 1 nitrogen and oxygen atoms in total. The third kappa shape index (κ3) is 3.96. The second-order valence-corrected chi connectivity index (χ2v) is 7.63. The van der Waals surface area contributed by atoms with Gasteiger partial charge in [-0.15, -0.1) is 0 Å². The van der Waals surface area contributed by atoms with E-state index in [-0.39, 0.29) is 5.82 Å². The van der Waals surface area contributed by atoms with Crippen molar-refractivity contribution in [2.24, 2.45) is 0 Å². The molecule has 0 aliphatic rings. The maximum atomic E-state index is 13.7. The Morgan fingerprint density at radius 3 is 2.43 bits per heavy atom. The minimum Gasteiger partial charge on any atom is -0.355 e. The van der Waals surface area contributed by atoms with E-state index in [2.05, 4.69) is 60.4 Å². The number of H-pyrrole nitrogens is 1. The number of halogens is 2. The summed E-state index contributed by atoms with van der Waals surface area (Å²) in [5.41, 5.74) is 7.34. The average molecular weight is 416 g/mol. The Morgan fingerprint density at radius 1 is 1.00 bits per heavy atom. The molecule has 0 spiro atoms. The summed E-state index contributed by atoms with van der Waals surface area (Å²) in [6, 6.07) is 23.5. The van der Waals surface area contributed by atoms with Gasteiger partial charge in [0.25, 0.3) is 0 Å². The van der Waals surface area contributed by atoms with Gasteiger partial charge >= 0.3 is 0 Å². The molecule has 0 saturated heterocycles. The molecule has 30 heavy (non-hydrogen) atoms. The van der Waals surface area contributed by atoms with E-state index in [1.807, 2.05) is 25.1 Å². The van der Waals surface area contributed by atoms with Gasteiger partial charge in [-0.1, -0.05) is 79.2 Å². The summed E-state index contributed by atoms with van der Waals surface area (Å²) in [4.78, 5) is 3.56. The number of para-hydroxylation sites is 1. The van der Waals surface area contributed by atoms with Crippen LogP contribution in [-0.4, -0.2) is 4.98 Å². The summed E-state index contributed by atoms with van der Waals surface area (Å²) in [6.45, 7) is 4.11. The van der Waals surface area contributed by atoms with Crippen LogP contribution in [-0.2, 0) is 0 Å². The summed E-state index contributed by atoms with van der Waals surface area (Å²) in [5.74, 6) is -0.331. The Labute approximate surface area is 181 Å². The van der Waals surface area contributed by atoms with E-state index in [0.29, 0.717) is 5.02 Å². The molecule has 0 aliphatic heterocycles. The van der Waals surface area contributed by atoms with Crippen molar-refractivity contribution in [3.63, 3.8) is 0 Å². The first kappa shape index (κ1) is 20.2. The molecular formula is C27H23ClFN. The first-order chi connectivity index (χ1) is 14.6. The second kappa shape index (κ2) is 8.73. The maximum absolute atomic E-state index is 13.7. The molecule has 1 heterocycles. The highest BCUT2D eigenvalue weighted by molar-refractivity contribution is 6.32. The fourth-order valence-corrected chi connectivity index (χ4v) is 4.17. The number of allylic oxidation sites excluding steroid dienone is 2. The fraction of sp³-hybridized carbons (Fsp3) is 0.111. The summed E-state index contributed by atoms with van der Waals surface area (Å²) in [7, 11) is 0. The molecule has 0 aliphatic carbocycles. The van der Waals surface area contributed by atoms with Crippen molar-refractivity contribution in [1.82, 2.24) is 4.98 Å². The van der Waals surface area contributed by atoms with E-state index in [1.54, 1.807) is 6.07 Å². The number of aromatic nitrogens is 1. The van der Waals surface area contributed by atoms with Gasteiger partial charge in [0.05, 0.1) is 5.02 Å². The molecule has 3 aromatic carbocycles. The van der Waals surface area contributed by atoms with Crippen LogP contribution in [0, 0.1) is 5.82 Å². The molecule has 0 bridgehead atoms. The smallest absolute Gasteiger partial charge is 0.124 e. The highest BCUT2D eigenvalue weighted by Gasteiger charge is 2.17. The van der Waals surface area contributed by atoms with E-state index in [1.165, 1.54) is 12.1 Å². The zero-order valence-electron chi connectivity index (χ0n) is 17.0. The molecule has 4 aromatic rings. The summed E-state index contributed by atoms with van der Waals surface area (Å²) in [5, 5.41) is 1.57. The average Bonchev–Trinajstić information content (AvgIpc) is 3.17. The highest BCUT2D eigenvalue weighted by atomic mass is 35.5. The number of fused-ring (bicyclic) bond motifs is 1. The van der Waals surface area contributed by atoms with Crippen molar-refractivity contribution >= 4 is 39.7 Å². The van der Waals surface area contributed by atoms with Gasteiger partial charge in [-0.25, -0.2) is 4.39 Å². The van der Waals surface area contributed by atoms with Crippen LogP contribution in [0.25, 0.3) is 28.1 Å². The van der Waals surface area contributed by atoms with Crippen LogP contribution in [0.3, 0.4) is 0 Å². The van der Waals surface area contributed by atoms with Gasteiger partial charge in [-0.05, 0) is 59.9 Å². The topological polar surface area (TPSA) is 15.8 Å². The molecule has 0 atom stereocenters. The molecule has 0 radical (unpaired) electrons. The number of hydrogen-bond acceptors (Lipinski definition) is 0. The molecule has 0 unspecified atom stereocenters. The number of nitrogens with one attached hydrogen (secondary N) is 1. The minimum absolute atomic E-state index is 0.331. The number of rotatable bonds is 5. The zero-order chi connectivity index (χ0) is 21.1. The van der Waals surface area contributed by atoms with Gasteiger partial charge in [0.2, 0.25) is 0 Å². The van der Waals surface area contributed by atoms with Gasteiger partial charge in [0, 0.05) is 22.2 Å². The Morgan fingerprint density at radius 2 is 1.77 bits per heavy atom. The number of aromatic amines is 1. The molecule has 0 amide bonds. The van der Waals surface area contributed by atoms with Crippen LogP contribution in [0.5, 0.6) is 0 Å². The van der Waals surface area contributed by atoms with Crippen LogP contribution < -0.4 is 0 Å². The first-order valence-corrected chi connectivity index (χ1v) is 10.5. The van der Waals surface area contributed by atoms with E-state index < -0.39 is 0 Å². The van der Waals surface area contributed by atoms with Crippen LogP contribution >= 0.6 is 11.6 Å². The van der Waals surface area contributed by atoms with Gasteiger partial charge in [-0.3, -0.25) is 0 Å². The summed E-state index contributed by atoms with van der Waals surface area (Å²) in [6.07, 6.45) is 4.86. The molecule has 1 N–H and O–H groups in total. The van der Waals surface area contributed by atoms with Crippen molar-refractivity contribution < 1.29 is 4.39 Å². The Bertz CT molecular complexity index is 1210. The zero-order valence-corrected chi connectivity index (χ0v) is 17.8. The van der Waals surface area contributed by atoms with Gasteiger partial charge in [0.15, 0.2) is 0 Å². The predicted molar refractivity (Wildman–Crippen MR) is 127 cm³/mol. The molecule has 0 fully saturated rings. The van der Waals surface area contributed by atoms with Crippen LogP contribution in [0.15, 0.2) is 78.9 Å². The standard InChI is InChI=1S/C27H23ClFN/c1-3-7-18-10-12-19(13-11-18)27(26-16-20-8-5-6-9-25(20)30-26)22(4-2)23-15-14-21(29)17-24(23)28/h3,5-17,30H,4H2,1-2H3/b7-3+,27-22+. The van der Waals surface area contributed by atoms with Crippen LogP contribution in [0.4, 0.5) is 4.39 Å². The van der Waals surface area contributed by atoms with Crippen molar-refractivity contribution in [2.75, 3.05) is 0 Å². The minimum atomic E-state index is -0.331. The predicted octanol–water partition coefficient (Wildman–Crippen LogP) is 8.36. The Kier molecular flexibility index (Phi) is 5.87. The third-order valence-electron chi connectivity index (χ3n) is 5.27. The highest BCUT2D eigenvalue weighted by Crippen LogP contribution is 2.38. The Hall–Kier alpha value is -3.10. The molecule has 0 saturated carbocycles. The number of hydrogen-bond donors (Lipinski definition) is 1. The lowest BCUT2D eigenvalue weighted by molar-refractivity contribution is 0.628. The Balaban J connectivity index is 1.99. The lowest BCUT2D eigenvalue weighted by Gasteiger charge is -2.16. The monoisotopic (exact) mass is 415 g/mol. The quantitative estimate of drug-likeness (QED) is 0.315. The summed E-state index contributed by atoms with van der Waals surface area (Å²) >= 11 is 6.47. The molecular weight excluding hydrogens is 393 g/mol. The molecule has 150 valence electrons. The normalized spacial score (nSPS) is 12.5. The lowest BCUT2D eigenvalue weighted by Crippen LogP contribution is -1.96. The van der Waals surface area contributed by atoms with Gasteiger partial charge in [-0.2, -0.15) is 0 Å². The van der Waals surface area contributed by atoms with E-state index in [4.69, 9.17) is 11.6 Å². The third-order valence-corrected chi connectivity index (χ3v) is 5.58. The van der Waals surface area contributed by atoms with Crippen molar-refractivity contribution in [3.8, 4) is 0 Å².